The summed E-state index contributed by atoms with van der Waals surface area (Å²) in [5.74, 6) is -1.17. The number of ether oxygens (including phenoxy) is 1. The summed E-state index contributed by atoms with van der Waals surface area (Å²) >= 11 is 0. The van der Waals surface area contributed by atoms with E-state index in [2.05, 4.69) is 41.7 Å². The highest BCUT2D eigenvalue weighted by molar-refractivity contribution is 6.03. The van der Waals surface area contributed by atoms with Crippen molar-refractivity contribution in [3.05, 3.63) is 108 Å². The van der Waals surface area contributed by atoms with Crippen molar-refractivity contribution in [3.63, 3.8) is 0 Å². The normalized spacial score (nSPS) is 14.1. The number of phenols is 1. The van der Waals surface area contributed by atoms with Gasteiger partial charge in [-0.05, 0) is 70.1 Å². The van der Waals surface area contributed by atoms with Crippen LogP contribution in [-0.2, 0) is 9.53 Å². The predicted molar refractivity (Wildman–Crippen MR) is 143 cm³/mol. The molecule has 5 rings (SSSR count). The van der Waals surface area contributed by atoms with E-state index >= 15 is 0 Å². The van der Waals surface area contributed by atoms with Crippen molar-refractivity contribution in [1.29, 1.82) is 0 Å². The van der Waals surface area contributed by atoms with Gasteiger partial charge in [0.15, 0.2) is 0 Å². The molecule has 36 heavy (non-hydrogen) atoms. The van der Waals surface area contributed by atoms with Gasteiger partial charge in [-0.3, -0.25) is 4.79 Å². The molecule has 0 bridgehead atoms. The van der Waals surface area contributed by atoms with Crippen LogP contribution in [0, 0.1) is 0 Å². The molecule has 5 nitrogen and oxygen atoms in total. The molecule has 1 atom stereocenters. The van der Waals surface area contributed by atoms with Crippen molar-refractivity contribution in [2.75, 3.05) is 7.11 Å². The number of carbonyl (C=O) groups is 2. The van der Waals surface area contributed by atoms with Gasteiger partial charge in [0.05, 0.1) is 12.7 Å². The molecule has 1 aliphatic rings. The van der Waals surface area contributed by atoms with Gasteiger partial charge in [-0.15, -0.1) is 0 Å². The van der Waals surface area contributed by atoms with Gasteiger partial charge in [-0.1, -0.05) is 78.4 Å². The molecular weight excluding hydrogens is 450 g/mol. The maximum atomic E-state index is 13.0. The first kappa shape index (κ1) is 23.4. The topological polar surface area (TPSA) is 75.6 Å². The Morgan fingerprint density at radius 2 is 1.53 bits per heavy atom. The standard InChI is InChI=1S/C31H27NO4/c1-36-31(35)28(32-30(34)27-18-24-8-4-5-9-25(24)19-29(27)33)16-20-10-12-22(13-11-20)26-15-14-21-6-2-3-7-23(21)17-26/h2-10,12,14-15,17-19,28,33H,11,13,16H2,1H3,(H,32,34)/t28-/m0/s1. The van der Waals surface area contributed by atoms with Crippen molar-refractivity contribution in [1.82, 2.24) is 5.32 Å². The Hall–Kier alpha value is -4.38. The van der Waals surface area contributed by atoms with Gasteiger partial charge in [-0.2, -0.15) is 0 Å². The number of esters is 1. The lowest BCUT2D eigenvalue weighted by atomic mass is 9.89. The van der Waals surface area contributed by atoms with Crippen LogP contribution in [0.4, 0.5) is 0 Å². The summed E-state index contributed by atoms with van der Waals surface area (Å²) in [7, 11) is 1.31. The van der Waals surface area contributed by atoms with Gasteiger partial charge in [0.1, 0.15) is 11.8 Å². The van der Waals surface area contributed by atoms with Crippen LogP contribution in [0.5, 0.6) is 5.75 Å². The Kier molecular flexibility index (Phi) is 6.54. The summed E-state index contributed by atoms with van der Waals surface area (Å²) in [5.41, 5.74) is 3.61. The molecule has 1 amide bonds. The summed E-state index contributed by atoms with van der Waals surface area (Å²) in [6.07, 6.45) is 6.09. The Morgan fingerprint density at radius 3 is 2.19 bits per heavy atom. The van der Waals surface area contributed by atoms with Crippen molar-refractivity contribution in [2.24, 2.45) is 0 Å². The maximum absolute atomic E-state index is 13.0. The van der Waals surface area contributed by atoms with E-state index in [1.807, 2.05) is 42.5 Å². The molecule has 0 saturated carbocycles. The summed E-state index contributed by atoms with van der Waals surface area (Å²) in [6.45, 7) is 0. The number of rotatable bonds is 6. The van der Waals surface area contributed by atoms with Gasteiger partial charge in [0.2, 0.25) is 0 Å². The number of phenolic OH excluding ortho intramolecular Hbond substituents is 1. The zero-order chi connectivity index (χ0) is 25.1. The molecule has 0 aliphatic heterocycles. The first-order chi connectivity index (χ1) is 17.5. The number of hydrogen-bond donors (Lipinski definition) is 2. The van der Waals surface area contributed by atoms with E-state index in [0.29, 0.717) is 6.42 Å². The lowest BCUT2D eigenvalue weighted by molar-refractivity contribution is -0.142. The van der Waals surface area contributed by atoms with E-state index < -0.39 is 17.9 Å². The molecule has 1 aliphatic carbocycles. The molecule has 0 aromatic heterocycles. The molecule has 0 unspecified atom stereocenters. The SMILES string of the molecule is COC(=O)[C@H](CC1=CC=C(c2ccc3ccccc3c2)CC1)NC(=O)c1cc2ccccc2cc1O. The van der Waals surface area contributed by atoms with Crippen molar-refractivity contribution < 1.29 is 19.4 Å². The van der Waals surface area contributed by atoms with Crippen LogP contribution >= 0.6 is 0 Å². The molecule has 5 heteroatoms. The number of nitrogens with one attached hydrogen (secondary N) is 1. The third-order valence-corrected chi connectivity index (χ3v) is 6.72. The van der Waals surface area contributed by atoms with Crippen LogP contribution in [0.2, 0.25) is 0 Å². The average molecular weight is 478 g/mol. The van der Waals surface area contributed by atoms with Gasteiger partial charge in [0, 0.05) is 0 Å². The predicted octanol–water partition coefficient (Wildman–Crippen LogP) is 6.16. The molecule has 0 spiro atoms. The summed E-state index contributed by atoms with van der Waals surface area (Å²) in [6, 6.07) is 24.6. The van der Waals surface area contributed by atoms with E-state index in [-0.39, 0.29) is 11.3 Å². The van der Waals surface area contributed by atoms with Crippen molar-refractivity contribution in [3.8, 4) is 5.75 Å². The quantitative estimate of drug-likeness (QED) is 0.326. The van der Waals surface area contributed by atoms with E-state index in [4.69, 9.17) is 4.74 Å². The van der Waals surface area contributed by atoms with Gasteiger partial charge in [0.25, 0.3) is 5.91 Å². The first-order valence-electron chi connectivity index (χ1n) is 12.0. The Morgan fingerprint density at radius 1 is 0.861 bits per heavy atom. The lowest BCUT2D eigenvalue weighted by Crippen LogP contribution is -2.41. The minimum atomic E-state index is -0.852. The number of allylic oxidation sites excluding steroid dienone is 3. The van der Waals surface area contributed by atoms with Gasteiger partial charge < -0.3 is 15.2 Å². The number of fused-ring (bicyclic) bond motifs is 2. The second-order valence-electron chi connectivity index (χ2n) is 9.05. The fourth-order valence-electron chi connectivity index (χ4n) is 4.72. The number of carbonyl (C=O) groups excluding carboxylic acids is 2. The second-order valence-corrected chi connectivity index (χ2v) is 9.05. The van der Waals surface area contributed by atoms with Crippen LogP contribution in [-0.4, -0.2) is 30.1 Å². The van der Waals surface area contributed by atoms with E-state index in [0.717, 1.165) is 29.2 Å². The van der Waals surface area contributed by atoms with Crippen LogP contribution < -0.4 is 5.32 Å². The Bertz CT molecular complexity index is 1530. The highest BCUT2D eigenvalue weighted by Crippen LogP contribution is 2.31. The molecule has 0 fully saturated rings. The van der Waals surface area contributed by atoms with Crippen molar-refractivity contribution in [2.45, 2.75) is 25.3 Å². The zero-order valence-electron chi connectivity index (χ0n) is 20.0. The van der Waals surface area contributed by atoms with E-state index in [9.17, 15) is 14.7 Å². The summed E-state index contributed by atoms with van der Waals surface area (Å²) in [4.78, 5) is 25.5. The fourth-order valence-corrected chi connectivity index (χ4v) is 4.72. The fraction of sp³-hybridized carbons (Fsp3) is 0.161. The lowest BCUT2D eigenvalue weighted by Gasteiger charge is -2.21. The second kappa shape index (κ2) is 10.1. The first-order valence-corrected chi connectivity index (χ1v) is 12.0. The van der Waals surface area contributed by atoms with Crippen molar-refractivity contribution >= 4 is 39.0 Å². The molecule has 0 saturated heterocycles. The zero-order valence-corrected chi connectivity index (χ0v) is 20.0. The molecule has 0 radical (unpaired) electrons. The van der Waals surface area contributed by atoms with Crippen LogP contribution in [0.1, 0.15) is 35.2 Å². The van der Waals surface area contributed by atoms with Gasteiger partial charge in [-0.25, -0.2) is 4.79 Å². The molecule has 2 N–H and O–H groups in total. The number of hydrogen-bond acceptors (Lipinski definition) is 4. The van der Waals surface area contributed by atoms with Crippen LogP contribution in [0.15, 0.2) is 96.6 Å². The maximum Gasteiger partial charge on any atom is 0.328 e. The highest BCUT2D eigenvalue weighted by atomic mass is 16.5. The van der Waals surface area contributed by atoms with Gasteiger partial charge >= 0.3 is 5.97 Å². The molecule has 180 valence electrons. The van der Waals surface area contributed by atoms with Crippen LogP contribution in [0.3, 0.4) is 0 Å². The minimum Gasteiger partial charge on any atom is -0.507 e. The number of amides is 1. The van der Waals surface area contributed by atoms with Crippen LogP contribution in [0.25, 0.3) is 27.1 Å². The Balaban J connectivity index is 1.33. The summed E-state index contributed by atoms with van der Waals surface area (Å²) < 4.78 is 4.96. The molecule has 0 heterocycles. The smallest absolute Gasteiger partial charge is 0.328 e. The average Bonchev–Trinajstić information content (AvgIpc) is 2.92. The third-order valence-electron chi connectivity index (χ3n) is 6.72. The molecule has 4 aromatic carbocycles. The van der Waals surface area contributed by atoms with E-state index in [1.165, 1.54) is 29.0 Å². The highest BCUT2D eigenvalue weighted by Gasteiger charge is 2.25. The monoisotopic (exact) mass is 477 g/mol. The minimum absolute atomic E-state index is 0.124. The van der Waals surface area contributed by atoms with E-state index in [1.54, 1.807) is 12.1 Å². The largest absolute Gasteiger partial charge is 0.507 e. The molecule has 4 aromatic rings. The number of benzene rings is 4. The number of aromatic hydroxyl groups is 1. The number of methoxy groups -OCH3 is 1. The summed E-state index contributed by atoms with van der Waals surface area (Å²) in [5, 5.41) is 17.3. The molecular formula is C31H27NO4. The third kappa shape index (κ3) is 4.86. The Labute approximate surface area is 209 Å².